The first kappa shape index (κ1) is 19.0. The molecule has 0 aliphatic heterocycles. The topological polar surface area (TPSA) is 52.6 Å². The maximum atomic E-state index is 12.1. The number of rotatable bonds is 8. The third-order valence-electron chi connectivity index (χ3n) is 4.07. The van der Waals surface area contributed by atoms with Crippen molar-refractivity contribution in [2.45, 2.75) is 66.2 Å². The summed E-state index contributed by atoms with van der Waals surface area (Å²) in [6.07, 6.45) is 5.12. The highest BCUT2D eigenvalue weighted by atomic mass is 16.5. The van der Waals surface area contributed by atoms with E-state index in [2.05, 4.69) is 13.8 Å². The molecule has 1 fully saturated rings. The van der Waals surface area contributed by atoms with Gasteiger partial charge in [-0.2, -0.15) is 0 Å². The summed E-state index contributed by atoms with van der Waals surface area (Å²) in [5, 5.41) is 0. The van der Waals surface area contributed by atoms with E-state index in [1.807, 2.05) is 13.8 Å². The molecular formula is C18H32O4. The van der Waals surface area contributed by atoms with Crippen LogP contribution in [0.4, 0.5) is 0 Å². The van der Waals surface area contributed by atoms with Gasteiger partial charge >= 0.3 is 11.9 Å². The van der Waals surface area contributed by atoms with Crippen LogP contribution < -0.4 is 0 Å². The van der Waals surface area contributed by atoms with Crippen molar-refractivity contribution < 1.29 is 19.1 Å². The normalized spacial score (nSPS) is 21.9. The third-order valence-corrected chi connectivity index (χ3v) is 4.07. The first-order chi connectivity index (χ1) is 10.4. The summed E-state index contributed by atoms with van der Waals surface area (Å²) in [6, 6.07) is 0. The van der Waals surface area contributed by atoms with Crippen molar-refractivity contribution in [3.05, 3.63) is 0 Å². The Bertz CT molecular complexity index is 349. The summed E-state index contributed by atoms with van der Waals surface area (Å²) in [5.74, 6) is 0.420. The van der Waals surface area contributed by atoms with E-state index in [0.717, 1.165) is 32.1 Å². The molecule has 0 N–H and O–H groups in total. The molecule has 0 aromatic carbocycles. The van der Waals surface area contributed by atoms with Gasteiger partial charge in [0.05, 0.1) is 25.0 Å². The van der Waals surface area contributed by atoms with Gasteiger partial charge in [-0.3, -0.25) is 9.59 Å². The van der Waals surface area contributed by atoms with Gasteiger partial charge in [-0.05, 0) is 43.9 Å². The number of ether oxygens (including phenoxy) is 2. The van der Waals surface area contributed by atoms with Crippen LogP contribution in [-0.2, 0) is 19.1 Å². The highest BCUT2D eigenvalue weighted by Crippen LogP contribution is 2.31. The predicted molar refractivity (Wildman–Crippen MR) is 86.3 cm³/mol. The standard InChI is InChI=1S/C18H32O4/c1-13(2)7-6-10-21-17(19)15-8-5-9-16(11-15)18(20)22-12-14(3)4/h13-16H,5-12H2,1-4H3. The molecule has 22 heavy (non-hydrogen) atoms. The van der Waals surface area contributed by atoms with Crippen LogP contribution in [0.2, 0.25) is 0 Å². The molecule has 4 heteroatoms. The Balaban J connectivity index is 2.32. The average molecular weight is 312 g/mol. The molecular weight excluding hydrogens is 280 g/mol. The fraction of sp³-hybridized carbons (Fsp3) is 0.889. The molecule has 2 atom stereocenters. The second-order valence-electron chi connectivity index (χ2n) is 7.29. The summed E-state index contributed by atoms with van der Waals surface area (Å²) < 4.78 is 10.7. The van der Waals surface area contributed by atoms with Crippen LogP contribution in [0.1, 0.15) is 66.2 Å². The van der Waals surface area contributed by atoms with Crippen LogP contribution in [0.3, 0.4) is 0 Å². The zero-order valence-corrected chi connectivity index (χ0v) is 14.6. The Morgan fingerprint density at radius 3 is 2.09 bits per heavy atom. The van der Waals surface area contributed by atoms with Gasteiger partial charge in [0, 0.05) is 0 Å². The minimum Gasteiger partial charge on any atom is -0.465 e. The Hall–Kier alpha value is -1.06. The second-order valence-corrected chi connectivity index (χ2v) is 7.29. The molecule has 0 spiro atoms. The van der Waals surface area contributed by atoms with Crippen LogP contribution >= 0.6 is 0 Å². The molecule has 0 heterocycles. The minimum absolute atomic E-state index is 0.134. The first-order valence-corrected chi connectivity index (χ1v) is 8.73. The lowest BCUT2D eigenvalue weighted by atomic mass is 9.81. The van der Waals surface area contributed by atoms with Crippen LogP contribution in [0.25, 0.3) is 0 Å². The summed E-state index contributed by atoms with van der Waals surface area (Å²) in [5.41, 5.74) is 0. The molecule has 0 bridgehead atoms. The van der Waals surface area contributed by atoms with Gasteiger partial charge in [0.1, 0.15) is 0 Å². The smallest absolute Gasteiger partial charge is 0.308 e. The summed E-state index contributed by atoms with van der Waals surface area (Å²) in [6.45, 7) is 9.32. The van der Waals surface area contributed by atoms with Crippen molar-refractivity contribution in [2.75, 3.05) is 13.2 Å². The predicted octanol–water partition coefficient (Wildman–Crippen LogP) is 3.97. The molecule has 1 rings (SSSR count). The van der Waals surface area contributed by atoms with E-state index in [1.165, 1.54) is 0 Å². The summed E-state index contributed by atoms with van der Waals surface area (Å²) in [7, 11) is 0. The van der Waals surface area contributed by atoms with Crippen molar-refractivity contribution in [1.82, 2.24) is 0 Å². The van der Waals surface area contributed by atoms with Crippen molar-refractivity contribution in [2.24, 2.45) is 23.7 Å². The highest BCUT2D eigenvalue weighted by Gasteiger charge is 2.32. The van der Waals surface area contributed by atoms with Crippen LogP contribution in [0, 0.1) is 23.7 Å². The summed E-state index contributed by atoms with van der Waals surface area (Å²) in [4.78, 5) is 24.1. The molecule has 1 aliphatic carbocycles. The molecule has 4 nitrogen and oxygen atoms in total. The quantitative estimate of drug-likeness (QED) is 0.502. The molecule has 0 aromatic heterocycles. The van der Waals surface area contributed by atoms with E-state index in [0.29, 0.717) is 31.5 Å². The van der Waals surface area contributed by atoms with Gasteiger partial charge in [0.15, 0.2) is 0 Å². The highest BCUT2D eigenvalue weighted by molar-refractivity contribution is 5.76. The van der Waals surface area contributed by atoms with E-state index in [9.17, 15) is 9.59 Å². The van der Waals surface area contributed by atoms with Gasteiger partial charge in [-0.1, -0.05) is 34.1 Å². The SMILES string of the molecule is CC(C)CCCOC(=O)C1CCCC(C(=O)OCC(C)C)C1. The van der Waals surface area contributed by atoms with Crippen molar-refractivity contribution in [3.63, 3.8) is 0 Å². The zero-order chi connectivity index (χ0) is 16.5. The van der Waals surface area contributed by atoms with E-state index in [1.54, 1.807) is 0 Å². The van der Waals surface area contributed by atoms with E-state index < -0.39 is 0 Å². The molecule has 0 aromatic rings. The Labute approximate surface area is 134 Å². The second kappa shape index (κ2) is 9.86. The number of esters is 2. The van der Waals surface area contributed by atoms with Gasteiger partial charge in [-0.25, -0.2) is 0 Å². The summed E-state index contributed by atoms with van der Waals surface area (Å²) >= 11 is 0. The van der Waals surface area contributed by atoms with Gasteiger partial charge in [0.2, 0.25) is 0 Å². The van der Waals surface area contributed by atoms with Crippen LogP contribution in [-0.4, -0.2) is 25.2 Å². The van der Waals surface area contributed by atoms with Crippen molar-refractivity contribution >= 4 is 11.9 Å². The molecule has 2 unspecified atom stereocenters. The molecule has 1 aliphatic rings. The Morgan fingerprint density at radius 2 is 1.55 bits per heavy atom. The maximum absolute atomic E-state index is 12.1. The lowest BCUT2D eigenvalue weighted by Crippen LogP contribution is -2.30. The number of carbonyl (C=O) groups excluding carboxylic acids is 2. The average Bonchev–Trinajstić information content (AvgIpc) is 2.48. The molecule has 128 valence electrons. The first-order valence-electron chi connectivity index (χ1n) is 8.73. The van der Waals surface area contributed by atoms with Crippen molar-refractivity contribution in [1.29, 1.82) is 0 Å². The lowest BCUT2D eigenvalue weighted by Gasteiger charge is -2.26. The fourth-order valence-corrected chi connectivity index (χ4v) is 2.77. The van der Waals surface area contributed by atoms with Crippen molar-refractivity contribution in [3.8, 4) is 0 Å². The molecule has 0 amide bonds. The number of carbonyl (C=O) groups is 2. The van der Waals surface area contributed by atoms with Crippen LogP contribution in [0.15, 0.2) is 0 Å². The molecule has 0 radical (unpaired) electrons. The Kier molecular flexibility index (Phi) is 8.51. The van der Waals surface area contributed by atoms with Gasteiger partial charge < -0.3 is 9.47 Å². The molecule has 1 saturated carbocycles. The van der Waals surface area contributed by atoms with Gasteiger partial charge in [-0.15, -0.1) is 0 Å². The molecule has 0 saturated heterocycles. The third kappa shape index (κ3) is 7.28. The van der Waals surface area contributed by atoms with Gasteiger partial charge in [0.25, 0.3) is 0 Å². The minimum atomic E-state index is -0.147. The lowest BCUT2D eigenvalue weighted by molar-refractivity contribution is -0.155. The fourth-order valence-electron chi connectivity index (χ4n) is 2.77. The van der Waals surface area contributed by atoms with E-state index >= 15 is 0 Å². The maximum Gasteiger partial charge on any atom is 0.308 e. The Morgan fingerprint density at radius 1 is 0.955 bits per heavy atom. The van der Waals surface area contributed by atoms with Crippen LogP contribution in [0.5, 0.6) is 0 Å². The largest absolute Gasteiger partial charge is 0.465 e. The van der Waals surface area contributed by atoms with E-state index in [4.69, 9.17) is 9.47 Å². The zero-order valence-electron chi connectivity index (χ0n) is 14.6. The van der Waals surface area contributed by atoms with E-state index in [-0.39, 0.29) is 23.8 Å². The number of hydrogen-bond acceptors (Lipinski definition) is 4. The monoisotopic (exact) mass is 312 g/mol. The number of hydrogen-bond donors (Lipinski definition) is 0.